The number of fused-ring (bicyclic) bond motifs is 1. The predicted octanol–water partition coefficient (Wildman–Crippen LogP) is 4.22. The normalized spacial score (nSPS) is 14.0. The lowest BCUT2D eigenvalue weighted by molar-refractivity contribution is -0.149. The number of benzene rings is 3. The number of hydrogen-bond donors (Lipinski definition) is 1. The number of carbonyl (C=O) groups is 1. The molecule has 0 saturated carbocycles. The Morgan fingerprint density at radius 3 is 2.36 bits per heavy atom. The van der Waals surface area contributed by atoms with E-state index in [9.17, 15) is 15.2 Å². The van der Waals surface area contributed by atoms with Crippen molar-refractivity contribution >= 4 is 16.7 Å². The summed E-state index contributed by atoms with van der Waals surface area (Å²) < 4.78 is 10.7. The maximum Gasteiger partial charge on any atom is 0.327 e. The van der Waals surface area contributed by atoms with Crippen LogP contribution in [0.2, 0.25) is 0 Å². The maximum atomic E-state index is 12.4. The van der Waals surface area contributed by atoms with Crippen molar-refractivity contribution in [1.82, 2.24) is 0 Å². The Bertz CT molecular complexity index is 1030. The molecule has 0 radical (unpaired) electrons. The fourth-order valence-electron chi connectivity index (χ4n) is 3.75. The molecule has 28 heavy (non-hydrogen) atoms. The van der Waals surface area contributed by atoms with E-state index >= 15 is 0 Å². The highest BCUT2D eigenvalue weighted by Gasteiger charge is 2.50. The number of carboxylic acid groups (broad SMARTS) is 1. The number of hydrogen-bond acceptors (Lipinski definition) is 4. The highest BCUT2D eigenvalue weighted by Crippen LogP contribution is 2.46. The molecule has 0 bridgehead atoms. The maximum absolute atomic E-state index is 12.4. The van der Waals surface area contributed by atoms with Gasteiger partial charge in [0.1, 0.15) is 5.75 Å². The molecule has 2 atom stereocenters. The summed E-state index contributed by atoms with van der Waals surface area (Å²) in [7, 11) is 2.93. The van der Waals surface area contributed by atoms with Crippen molar-refractivity contribution in [3.8, 4) is 11.8 Å². The number of aliphatic carboxylic acids is 1. The number of methoxy groups -OCH3 is 2. The standard InChI is InChI=1S/C23H21NO4/c1-27-15-23(14-24,22(25)26)21(19-11-5-6-13-20(19)28-2)18-12-7-9-16-8-3-4-10-17(16)18/h3-13,21H,15H2,1-2H3,(H,25,26). The number of para-hydroxylation sites is 1. The summed E-state index contributed by atoms with van der Waals surface area (Å²) in [4.78, 5) is 12.4. The van der Waals surface area contributed by atoms with E-state index < -0.39 is 17.3 Å². The molecule has 1 N–H and O–H groups in total. The highest BCUT2D eigenvalue weighted by molar-refractivity contribution is 5.89. The smallest absolute Gasteiger partial charge is 0.327 e. The second kappa shape index (κ2) is 8.12. The van der Waals surface area contributed by atoms with E-state index in [1.54, 1.807) is 12.1 Å². The van der Waals surface area contributed by atoms with Crippen LogP contribution in [0.1, 0.15) is 17.0 Å². The molecular formula is C23H21NO4. The summed E-state index contributed by atoms with van der Waals surface area (Å²) >= 11 is 0. The molecule has 3 aromatic rings. The quantitative estimate of drug-likeness (QED) is 0.669. The average molecular weight is 375 g/mol. The van der Waals surface area contributed by atoms with Crippen LogP contribution in [0.25, 0.3) is 10.8 Å². The Morgan fingerprint density at radius 1 is 1.04 bits per heavy atom. The minimum atomic E-state index is -1.83. The van der Waals surface area contributed by atoms with Crippen LogP contribution in [-0.2, 0) is 9.53 Å². The van der Waals surface area contributed by atoms with E-state index in [1.807, 2.05) is 60.7 Å². The third kappa shape index (κ3) is 3.19. The van der Waals surface area contributed by atoms with Crippen molar-refractivity contribution in [1.29, 1.82) is 5.26 Å². The van der Waals surface area contributed by atoms with Crippen molar-refractivity contribution in [3.05, 3.63) is 77.9 Å². The fourth-order valence-corrected chi connectivity index (χ4v) is 3.75. The summed E-state index contributed by atoms with van der Waals surface area (Å²) in [6, 6.07) is 22.7. The van der Waals surface area contributed by atoms with Gasteiger partial charge in [-0.15, -0.1) is 0 Å². The average Bonchev–Trinajstić information content (AvgIpc) is 2.73. The molecule has 0 aliphatic heterocycles. The Morgan fingerprint density at radius 2 is 1.68 bits per heavy atom. The third-order valence-electron chi connectivity index (χ3n) is 5.03. The zero-order valence-corrected chi connectivity index (χ0v) is 15.8. The first-order valence-corrected chi connectivity index (χ1v) is 8.83. The van der Waals surface area contributed by atoms with Crippen molar-refractivity contribution in [2.24, 2.45) is 5.41 Å². The van der Waals surface area contributed by atoms with Crippen molar-refractivity contribution in [2.75, 3.05) is 20.8 Å². The van der Waals surface area contributed by atoms with Gasteiger partial charge in [-0.1, -0.05) is 60.7 Å². The highest BCUT2D eigenvalue weighted by atomic mass is 16.5. The van der Waals surface area contributed by atoms with Gasteiger partial charge in [0.15, 0.2) is 5.41 Å². The van der Waals surface area contributed by atoms with Gasteiger partial charge in [0, 0.05) is 18.6 Å². The Balaban J connectivity index is 2.41. The van der Waals surface area contributed by atoms with Crippen LogP contribution in [0.4, 0.5) is 0 Å². The number of ether oxygens (including phenoxy) is 2. The first-order chi connectivity index (χ1) is 13.6. The molecule has 0 fully saturated rings. The van der Waals surface area contributed by atoms with Crippen LogP contribution in [0, 0.1) is 16.7 Å². The number of rotatable bonds is 7. The van der Waals surface area contributed by atoms with Gasteiger partial charge in [-0.3, -0.25) is 4.79 Å². The van der Waals surface area contributed by atoms with Gasteiger partial charge in [-0.05, 0) is 22.4 Å². The van der Waals surface area contributed by atoms with Crippen LogP contribution in [0.3, 0.4) is 0 Å². The summed E-state index contributed by atoms with van der Waals surface area (Å²) in [5.74, 6) is -1.50. The van der Waals surface area contributed by atoms with Crippen molar-refractivity contribution < 1.29 is 19.4 Å². The largest absolute Gasteiger partial charge is 0.496 e. The summed E-state index contributed by atoms with van der Waals surface area (Å²) in [6.45, 7) is -0.259. The third-order valence-corrected chi connectivity index (χ3v) is 5.03. The summed E-state index contributed by atoms with van der Waals surface area (Å²) in [5, 5.41) is 22.0. The lowest BCUT2D eigenvalue weighted by atomic mass is 9.68. The topological polar surface area (TPSA) is 79.5 Å². The van der Waals surface area contributed by atoms with Crippen LogP contribution in [0.5, 0.6) is 5.75 Å². The molecule has 3 rings (SSSR count). The molecule has 3 aromatic carbocycles. The van der Waals surface area contributed by atoms with Gasteiger partial charge in [0.2, 0.25) is 0 Å². The number of nitriles is 1. The minimum absolute atomic E-state index is 0.259. The molecule has 0 heterocycles. The molecule has 0 aromatic heterocycles. The molecule has 0 spiro atoms. The van der Waals surface area contributed by atoms with Crippen LogP contribution in [-0.4, -0.2) is 31.9 Å². The first-order valence-electron chi connectivity index (χ1n) is 8.83. The monoisotopic (exact) mass is 375 g/mol. The van der Waals surface area contributed by atoms with Gasteiger partial charge in [-0.25, -0.2) is 0 Å². The Kier molecular flexibility index (Phi) is 5.62. The van der Waals surface area contributed by atoms with Crippen LogP contribution < -0.4 is 4.74 Å². The molecule has 0 aliphatic rings. The van der Waals surface area contributed by atoms with Crippen LogP contribution >= 0.6 is 0 Å². The molecule has 0 aliphatic carbocycles. The Labute approximate surface area is 163 Å². The fraction of sp³-hybridized carbons (Fsp3) is 0.217. The molecular weight excluding hydrogens is 354 g/mol. The van der Waals surface area contributed by atoms with Gasteiger partial charge in [0.05, 0.1) is 19.8 Å². The lowest BCUT2D eigenvalue weighted by Crippen LogP contribution is -2.41. The van der Waals surface area contributed by atoms with Gasteiger partial charge in [-0.2, -0.15) is 5.26 Å². The minimum Gasteiger partial charge on any atom is -0.496 e. The summed E-state index contributed by atoms with van der Waals surface area (Å²) in [5.41, 5.74) is -0.459. The molecule has 0 amide bonds. The van der Waals surface area contributed by atoms with E-state index in [0.29, 0.717) is 11.3 Å². The molecule has 142 valence electrons. The second-order valence-corrected chi connectivity index (χ2v) is 6.56. The van der Waals surface area contributed by atoms with Gasteiger partial charge in [0.25, 0.3) is 0 Å². The SMILES string of the molecule is COCC(C#N)(C(=O)O)C(c1ccccc1OC)c1cccc2ccccc12. The zero-order valence-electron chi connectivity index (χ0n) is 15.8. The molecule has 2 unspecified atom stereocenters. The second-order valence-electron chi connectivity index (χ2n) is 6.56. The molecule has 5 nitrogen and oxygen atoms in total. The van der Waals surface area contributed by atoms with Gasteiger partial charge >= 0.3 is 5.97 Å². The molecule has 0 saturated heterocycles. The van der Waals surface area contributed by atoms with E-state index in [-0.39, 0.29) is 6.61 Å². The van der Waals surface area contributed by atoms with E-state index in [4.69, 9.17) is 9.47 Å². The van der Waals surface area contributed by atoms with E-state index in [1.165, 1.54) is 14.2 Å². The van der Waals surface area contributed by atoms with Crippen molar-refractivity contribution in [2.45, 2.75) is 5.92 Å². The molecule has 5 heteroatoms. The van der Waals surface area contributed by atoms with Crippen LogP contribution in [0.15, 0.2) is 66.7 Å². The Hall–Kier alpha value is -3.36. The number of nitrogens with zero attached hydrogens (tertiary/aromatic N) is 1. The lowest BCUT2D eigenvalue weighted by Gasteiger charge is -2.33. The zero-order chi connectivity index (χ0) is 20.1. The summed E-state index contributed by atoms with van der Waals surface area (Å²) in [6.07, 6.45) is 0. The van der Waals surface area contributed by atoms with E-state index in [0.717, 1.165) is 16.3 Å². The number of carboxylic acids is 1. The first kappa shape index (κ1) is 19.4. The van der Waals surface area contributed by atoms with Crippen molar-refractivity contribution in [3.63, 3.8) is 0 Å². The van der Waals surface area contributed by atoms with E-state index in [2.05, 4.69) is 0 Å². The van der Waals surface area contributed by atoms with Gasteiger partial charge < -0.3 is 14.6 Å². The predicted molar refractivity (Wildman–Crippen MR) is 106 cm³/mol.